The largest absolute Gasteiger partial charge is 0.459 e. The maximum Gasteiger partial charge on any atom is 0.250 e. The first-order chi connectivity index (χ1) is 18.4. The molecule has 1 amide bonds. The van der Waals surface area contributed by atoms with Crippen molar-refractivity contribution < 1.29 is 13.9 Å². The molecule has 0 aliphatic carbocycles. The summed E-state index contributed by atoms with van der Waals surface area (Å²) < 4.78 is 12.4. The number of thiocarbonyl (C=S) groups is 1. The number of ether oxygens (including phenoxy) is 1. The first-order valence-electron chi connectivity index (χ1n) is 12.1. The Bertz CT molecular complexity index is 1490. The van der Waals surface area contributed by atoms with Crippen molar-refractivity contribution in [2.45, 2.75) is 25.9 Å². The molecule has 2 aromatic carbocycles. The molecule has 1 saturated heterocycles. The van der Waals surface area contributed by atoms with Crippen molar-refractivity contribution in [1.29, 1.82) is 0 Å². The highest BCUT2D eigenvalue weighted by Crippen LogP contribution is 2.44. The number of benzene rings is 2. The fraction of sp³-hybridized carbons (Fsp3) is 0.207. The Morgan fingerprint density at radius 2 is 2.00 bits per heavy atom. The monoisotopic (exact) mass is 590 g/mol. The summed E-state index contributed by atoms with van der Waals surface area (Å²) in [6.07, 6.45) is 1.78. The van der Waals surface area contributed by atoms with E-state index in [0.717, 1.165) is 49.8 Å². The van der Waals surface area contributed by atoms with Crippen molar-refractivity contribution in [2.75, 3.05) is 23.9 Å². The van der Waals surface area contributed by atoms with Crippen LogP contribution in [0.4, 0.5) is 11.4 Å². The van der Waals surface area contributed by atoms with Gasteiger partial charge in [-0.25, -0.2) is 0 Å². The summed E-state index contributed by atoms with van der Waals surface area (Å²) in [7, 11) is 1.49. The molecule has 1 aliphatic rings. The van der Waals surface area contributed by atoms with Crippen LogP contribution in [-0.2, 0) is 9.53 Å². The SMILES string of the molecule is COCC(=O)Nc1ccc(N2C(=S)NC(c3ccccn3)C2c2ccc(-c3ccc(C)cc3Br)o2)cc1C. The van der Waals surface area contributed by atoms with Crippen LogP contribution in [0.5, 0.6) is 0 Å². The molecule has 3 heterocycles. The Hall–Kier alpha value is -3.53. The van der Waals surface area contributed by atoms with Crippen molar-refractivity contribution in [1.82, 2.24) is 10.3 Å². The van der Waals surface area contributed by atoms with Gasteiger partial charge < -0.3 is 24.7 Å². The Labute approximate surface area is 235 Å². The third kappa shape index (κ3) is 5.22. The molecule has 7 nitrogen and oxygen atoms in total. The highest BCUT2D eigenvalue weighted by atomic mass is 79.9. The Balaban J connectivity index is 1.55. The van der Waals surface area contributed by atoms with Gasteiger partial charge in [-0.2, -0.15) is 0 Å². The number of pyridine rings is 1. The number of anilines is 2. The van der Waals surface area contributed by atoms with Crippen LogP contribution in [0.1, 0.15) is 34.7 Å². The maximum absolute atomic E-state index is 12.1. The first kappa shape index (κ1) is 26.1. The summed E-state index contributed by atoms with van der Waals surface area (Å²) in [5.74, 6) is 1.31. The van der Waals surface area contributed by atoms with Crippen LogP contribution in [-0.4, -0.2) is 29.7 Å². The molecule has 0 radical (unpaired) electrons. The second-order valence-corrected chi connectivity index (χ2v) is 10.4. The predicted molar refractivity (Wildman–Crippen MR) is 156 cm³/mol. The molecule has 0 spiro atoms. The molecule has 0 saturated carbocycles. The number of aryl methyl sites for hydroxylation is 2. The van der Waals surface area contributed by atoms with Crippen LogP contribution in [0.15, 0.2) is 81.8 Å². The Kier molecular flexibility index (Phi) is 7.60. The molecule has 4 aromatic rings. The lowest BCUT2D eigenvalue weighted by Crippen LogP contribution is -2.29. The number of methoxy groups -OCH3 is 1. The predicted octanol–water partition coefficient (Wildman–Crippen LogP) is 6.48. The number of hydrogen-bond donors (Lipinski definition) is 2. The average molecular weight is 592 g/mol. The minimum atomic E-state index is -0.288. The number of carbonyl (C=O) groups is 1. The topological polar surface area (TPSA) is 79.6 Å². The molecular weight excluding hydrogens is 564 g/mol. The highest BCUT2D eigenvalue weighted by molar-refractivity contribution is 9.10. The van der Waals surface area contributed by atoms with Crippen molar-refractivity contribution in [2.24, 2.45) is 0 Å². The minimum absolute atomic E-state index is 0.00687. The van der Waals surface area contributed by atoms with Crippen molar-refractivity contribution in [3.8, 4) is 11.3 Å². The van der Waals surface area contributed by atoms with Gasteiger partial charge in [0, 0.05) is 34.7 Å². The van der Waals surface area contributed by atoms with Crippen LogP contribution in [0.2, 0.25) is 0 Å². The molecule has 9 heteroatoms. The number of rotatable bonds is 7. The van der Waals surface area contributed by atoms with Gasteiger partial charge in [-0.1, -0.05) is 28.1 Å². The van der Waals surface area contributed by atoms with E-state index in [-0.39, 0.29) is 24.6 Å². The fourth-order valence-corrected chi connectivity index (χ4v) is 5.69. The summed E-state index contributed by atoms with van der Waals surface area (Å²) >= 11 is 9.52. The lowest BCUT2D eigenvalue weighted by molar-refractivity contribution is -0.119. The molecule has 2 N–H and O–H groups in total. The number of hydrogen-bond acceptors (Lipinski definition) is 5. The van der Waals surface area contributed by atoms with E-state index in [2.05, 4.69) is 55.5 Å². The van der Waals surface area contributed by atoms with E-state index in [0.29, 0.717) is 5.11 Å². The Morgan fingerprint density at radius 3 is 2.71 bits per heavy atom. The highest BCUT2D eigenvalue weighted by Gasteiger charge is 2.42. The third-order valence-electron chi connectivity index (χ3n) is 6.44. The average Bonchev–Trinajstić information content (AvgIpc) is 3.50. The second kappa shape index (κ2) is 11.1. The zero-order valence-electron chi connectivity index (χ0n) is 21.2. The van der Waals surface area contributed by atoms with Gasteiger partial charge in [0.1, 0.15) is 24.2 Å². The van der Waals surface area contributed by atoms with Gasteiger partial charge in [0.25, 0.3) is 0 Å². The molecular formula is C29H27BrN4O3S. The number of halogens is 1. The summed E-state index contributed by atoms with van der Waals surface area (Å²) in [5.41, 5.74) is 5.49. The number of nitrogens with one attached hydrogen (secondary N) is 2. The quantitative estimate of drug-likeness (QED) is 0.238. The Morgan fingerprint density at radius 1 is 1.16 bits per heavy atom. The number of amides is 1. The van der Waals surface area contributed by atoms with E-state index < -0.39 is 0 Å². The van der Waals surface area contributed by atoms with E-state index in [4.69, 9.17) is 21.4 Å². The fourth-order valence-electron chi connectivity index (χ4n) is 4.65. The number of furan rings is 1. The molecule has 5 rings (SSSR count). The molecule has 1 fully saturated rings. The zero-order valence-corrected chi connectivity index (χ0v) is 23.6. The van der Waals surface area contributed by atoms with Crippen LogP contribution >= 0.6 is 28.1 Å². The van der Waals surface area contributed by atoms with Crippen molar-refractivity contribution >= 4 is 50.5 Å². The zero-order chi connectivity index (χ0) is 26.8. The smallest absolute Gasteiger partial charge is 0.250 e. The van der Waals surface area contributed by atoms with Gasteiger partial charge in [0.2, 0.25) is 5.91 Å². The summed E-state index contributed by atoms with van der Waals surface area (Å²) in [6.45, 7) is 4.00. The molecule has 2 atom stereocenters. The lowest BCUT2D eigenvalue weighted by atomic mass is 10.0. The summed E-state index contributed by atoms with van der Waals surface area (Å²) in [6, 6.07) is 21.3. The van der Waals surface area contributed by atoms with E-state index >= 15 is 0 Å². The van der Waals surface area contributed by atoms with Gasteiger partial charge in [-0.3, -0.25) is 9.78 Å². The number of aromatic nitrogens is 1. The molecule has 2 unspecified atom stereocenters. The van der Waals surface area contributed by atoms with Crippen molar-refractivity contribution in [3.05, 3.63) is 100.0 Å². The van der Waals surface area contributed by atoms with Gasteiger partial charge in [0.05, 0.1) is 11.7 Å². The second-order valence-electron chi connectivity index (χ2n) is 9.16. The standard InChI is InChI=1S/C29H27BrN4O3S/c1-17-7-9-20(21(30)14-17)24-11-12-25(37-24)28-27(23-6-4-5-13-31-23)33-29(38)34(28)19-8-10-22(18(2)15-19)32-26(35)16-36-3/h4-15,27-28H,16H2,1-3H3,(H,32,35)(H,33,38). The van der Waals surface area contributed by atoms with E-state index in [9.17, 15) is 4.79 Å². The summed E-state index contributed by atoms with van der Waals surface area (Å²) in [5, 5.41) is 6.91. The lowest BCUT2D eigenvalue weighted by Gasteiger charge is -2.27. The third-order valence-corrected chi connectivity index (χ3v) is 7.41. The molecule has 194 valence electrons. The van der Waals surface area contributed by atoms with E-state index in [1.807, 2.05) is 61.5 Å². The van der Waals surface area contributed by atoms with Gasteiger partial charge >= 0.3 is 0 Å². The minimum Gasteiger partial charge on any atom is -0.459 e. The molecule has 38 heavy (non-hydrogen) atoms. The van der Waals surface area contributed by atoms with Crippen LogP contribution in [0.25, 0.3) is 11.3 Å². The first-order valence-corrected chi connectivity index (χ1v) is 13.3. The normalized spacial score (nSPS) is 16.9. The maximum atomic E-state index is 12.1. The van der Waals surface area contributed by atoms with Gasteiger partial charge in [0.15, 0.2) is 5.11 Å². The summed E-state index contributed by atoms with van der Waals surface area (Å²) in [4.78, 5) is 18.7. The molecule has 2 aromatic heterocycles. The van der Waals surface area contributed by atoms with E-state index in [1.54, 1.807) is 6.20 Å². The van der Waals surface area contributed by atoms with Gasteiger partial charge in [-0.05, 0) is 91.8 Å². The van der Waals surface area contributed by atoms with Crippen LogP contribution in [0.3, 0.4) is 0 Å². The van der Waals surface area contributed by atoms with E-state index in [1.165, 1.54) is 7.11 Å². The number of carbonyl (C=O) groups excluding carboxylic acids is 1. The molecule has 1 aliphatic heterocycles. The molecule has 0 bridgehead atoms. The van der Waals surface area contributed by atoms with Gasteiger partial charge in [-0.15, -0.1) is 0 Å². The van der Waals surface area contributed by atoms with Crippen LogP contribution in [0, 0.1) is 13.8 Å². The van der Waals surface area contributed by atoms with Crippen LogP contribution < -0.4 is 15.5 Å². The number of nitrogens with zero attached hydrogens (tertiary/aromatic N) is 2. The van der Waals surface area contributed by atoms with Crippen molar-refractivity contribution in [3.63, 3.8) is 0 Å².